The Morgan fingerprint density at radius 2 is 2.12 bits per heavy atom. The number of hydrogen-bond donors (Lipinski definition) is 3. The van der Waals surface area contributed by atoms with Gasteiger partial charge >= 0.3 is 0 Å². The highest BCUT2D eigenvalue weighted by Crippen LogP contribution is 2.37. The second kappa shape index (κ2) is 8.55. The molecule has 5 heterocycles. The minimum absolute atomic E-state index is 0.289. The van der Waals surface area contributed by atoms with E-state index in [9.17, 15) is 4.79 Å². The molecule has 32 heavy (non-hydrogen) atoms. The molecule has 3 aromatic rings. The van der Waals surface area contributed by atoms with Crippen molar-refractivity contribution in [3.63, 3.8) is 0 Å². The van der Waals surface area contributed by atoms with Gasteiger partial charge in [-0.3, -0.25) is 14.7 Å². The van der Waals surface area contributed by atoms with Crippen molar-refractivity contribution in [3.8, 4) is 6.07 Å². The van der Waals surface area contributed by atoms with E-state index >= 15 is 0 Å². The van der Waals surface area contributed by atoms with Crippen LogP contribution in [0.15, 0.2) is 30.6 Å². The van der Waals surface area contributed by atoms with E-state index in [1.54, 1.807) is 19.2 Å². The van der Waals surface area contributed by atoms with Crippen molar-refractivity contribution in [1.82, 2.24) is 24.8 Å². The highest BCUT2D eigenvalue weighted by Gasteiger charge is 2.40. The SMILES string of the molecule is Cc1ncc(C(=O)Nc2cc3ncccc3c(NC3C[C@H]4CC[C@@H](C3)N4CCC#N)n2)[nH]1. The molecule has 5 rings (SSSR count). The summed E-state index contributed by atoms with van der Waals surface area (Å²) >= 11 is 0. The lowest BCUT2D eigenvalue weighted by Gasteiger charge is -2.39. The second-order valence-corrected chi connectivity index (χ2v) is 8.61. The van der Waals surface area contributed by atoms with Crippen molar-refractivity contribution in [1.29, 1.82) is 5.26 Å². The van der Waals surface area contributed by atoms with Gasteiger partial charge < -0.3 is 15.6 Å². The van der Waals surface area contributed by atoms with Crippen LogP contribution < -0.4 is 10.6 Å². The van der Waals surface area contributed by atoms with Gasteiger partial charge in [0, 0.05) is 48.7 Å². The number of aryl methyl sites for hydroxylation is 1. The first-order valence-electron chi connectivity index (χ1n) is 11.1. The Morgan fingerprint density at radius 1 is 1.31 bits per heavy atom. The summed E-state index contributed by atoms with van der Waals surface area (Å²) in [7, 11) is 0. The fraction of sp³-hybridized carbons (Fsp3) is 0.435. The summed E-state index contributed by atoms with van der Waals surface area (Å²) in [6.07, 6.45) is 8.25. The molecule has 0 aliphatic carbocycles. The average Bonchev–Trinajstić information content (AvgIpc) is 3.32. The fourth-order valence-corrected chi connectivity index (χ4v) is 5.10. The highest BCUT2D eigenvalue weighted by molar-refractivity contribution is 6.03. The van der Waals surface area contributed by atoms with Crippen LogP contribution in [0.25, 0.3) is 10.9 Å². The zero-order valence-electron chi connectivity index (χ0n) is 18.0. The number of carbonyl (C=O) groups is 1. The number of carbonyl (C=O) groups excluding carboxylic acids is 1. The normalized spacial score (nSPS) is 22.6. The number of aromatic amines is 1. The molecule has 1 amide bonds. The second-order valence-electron chi connectivity index (χ2n) is 8.61. The lowest BCUT2D eigenvalue weighted by atomic mass is 9.97. The number of nitrogens with zero attached hydrogens (tertiary/aromatic N) is 5. The van der Waals surface area contributed by atoms with Crippen molar-refractivity contribution in [2.75, 3.05) is 17.2 Å². The molecule has 0 radical (unpaired) electrons. The van der Waals surface area contributed by atoms with Crippen LogP contribution in [0.1, 0.15) is 48.4 Å². The van der Waals surface area contributed by atoms with Gasteiger partial charge in [-0.25, -0.2) is 9.97 Å². The van der Waals surface area contributed by atoms with Crippen molar-refractivity contribution in [2.24, 2.45) is 0 Å². The van der Waals surface area contributed by atoms with E-state index in [4.69, 9.17) is 10.2 Å². The molecule has 9 nitrogen and oxygen atoms in total. The first-order chi connectivity index (χ1) is 15.6. The van der Waals surface area contributed by atoms with E-state index in [0.29, 0.717) is 41.9 Å². The van der Waals surface area contributed by atoms with Crippen LogP contribution in [0.2, 0.25) is 0 Å². The summed E-state index contributed by atoms with van der Waals surface area (Å²) in [5.41, 5.74) is 1.16. The third-order valence-corrected chi connectivity index (χ3v) is 6.50. The maximum absolute atomic E-state index is 12.6. The summed E-state index contributed by atoms with van der Waals surface area (Å²) in [4.78, 5) is 31.3. The van der Waals surface area contributed by atoms with E-state index in [1.165, 1.54) is 19.0 Å². The van der Waals surface area contributed by atoms with Crippen molar-refractivity contribution in [2.45, 2.75) is 57.2 Å². The Hall–Kier alpha value is -3.51. The third kappa shape index (κ3) is 4.01. The molecular formula is C23H26N8O. The van der Waals surface area contributed by atoms with E-state index < -0.39 is 0 Å². The van der Waals surface area contributed by atoms with Crippen LogP contribution in [-0.2, 0) is 0 Å². The molecule has 2 bridgehead atoms. The van der Waals surface area contributed by atoms with Crippen molar-refractivity contribution < 1.29 is 4.79 Å². The Bertz CT molecular complexity index is 1170. The predicted octanol–water partition coefficient (Wildman–Crippen LogP) is 3.23. The number of hydrogen-bond acceptors (Lipinski definition) is 7. The minimum atomic E-state index is -0.289. The number of nitriles is 1. The number of H-pyrrole nitrogens is 1. The Labute approximate surface area is 186 Å². The van der Waals surface area contributed by atoms with Gasteiger partial charge in [0.1, 0.15) is 23.2 Å². The Kier molecular flexibility index (Phi) is 5.45. The zero-order chi connectivity index (χ0) is 22.1. The molecule has 2 fully saturated rings. The summed E-state index contributed by atoms with van der Waals surface area (Å²) in [6, 6.07) is 9.27. The first-order valence-corrected chi connectivity index (χ1v) is 11.1. The lowest BCUT2D eigenvalue weighted by molar-refractivity contribution is 0.102. The maximum atomic E-state index is 12.6. The topological polar surface area (TPSA) is 123 Å². The van der Waals surface area contributed by atoms with E-state index in [1.807, 2.05) is 12.1 Å². The third-order valence-electron chi connectivity index (χ3n) is 6.50. The standard InChI is InChI=1S/C23H26N8O/c1-14-26-13-20(27-14)23(32)30-21-12-19-18(4-2-8-25-19)22(29-21)28-15-10-16-5-6-17(11-15)31(16)9-3-7-24/h2,4,8,12-13,15-17H,3,5-6,9-11H2,1H3,(H,26,27)(H2,28,29,30,32)/t15?,16-,17+. The number of aromatic nitrogens is 4. The highest BCUT2D eigenvalue weighted by atomic mass is 16.2. The van der Waals surface area contributed by atoms with Gasteiger partial charge in [0.2, 0.25) is 0 Å². The Balaban J connectivity index is 1.37. The molecular weight excluding hydrogens is 404 g/mol. The molecule has 3 N–H and O–H groups in total. The van der Waals surface area contributed by atoms with Gasteiger partial charge in [-0.05, 0) is 44.7 Å². The number of amides is 1. The van der Waals surface area contributed by atoms with E-state index in [0.717, 1.165) is 36.1 Å². The fourth-order valence-electron chi connectivity index (χ4n) is 5.10. The minimum Gasteiger partial charge on any atom is -0.367 e. The van der Waals surface area contributed by atoms with Crippen LogP contribution in [0, 0.1) is 18.3 Å². The molecule has 2 aliphatic heterocycles. The van der Waals surface area contributed by atoms with Crippen molar-refractivity contribution >= 4 is 28.4 Å². The molecule has 0 aromatic carbocycles. The maximum Gasteiger partial charge on any atom is 0.274 e. The molecule has 1 unspecified atom stereocenters. The smallest absolute Gasteiger partial charge is 0.274 e. The summed E-state index contributed by atoms with van der Waals surface area (Å²) in [6.45, 7) is 2.66. The first kappa shape index (κ1) is 20.4. The summed E-state index contributed by atoms with van der Waals surface area (Å²) in [5, 5.41) is 16.4. The van der Waals surface area contributed by atoms with Crippen molar-refractivity contribution in [3.05, 3.63) is 42.1 Å². The quantitative estimate of drug-likeness (QED) is 0.549. The average molecular weight is 431 g/mol. The summed E-state index contributed by atoms with van der Waals surface area (Å²) < 4.78 is 0. The molecule has 9 heteroatoms. The molecule has 0 spiro atoms. The molecule has 164 valence electrons. The number of rotatable bonds is 6. The van der Waals surface area contributed by atoms with Crippen LogP contribution in [0.3, 0.4) is 0 Å². The van der Waals surface area contributed by atoms with Crippen LogP contribution >= 0.6 is 0 Å². The van der Waals surface area contributed by atoms with Gasteiger partial charge in [0.05, 0.1) is 17.8 Å². The predicted molar refractivity (Wildman–Crippen MR) is 121 cm³/mol. The number of piperidine rings is 1. The molecule has 0 saturated carbocycles. The summed E-state index contributed by atoms with van der Waals surface area (Å²) in [5.74, 6) is 1.58. The molecule has 2 aliphatic rings. The van der Waals surface area contributed by atoms with Crippen LogP contribution in [0.5, 0.6) is 0 Å². The number of pyridine rings is 2. The zero-order valence-corrected chi connectivity index (χ0v) is 18.0. The van der Waals surface area contributed by atoms with Crippen LogP contribution in [-0.4, -0.2) is 55.4 Å². The van der Waals surface area contributed by atoms with Gasteiger partial charge in [0.15, 0.2) is 0 Å². The van der Waals surface area contributed by atoms with E-state index in [-0.39, 0.29) is 5.91 Å². The van der Waals surface area contributed by atoms with Gasteiger partial charge in [-0.2, -0.15) is 5.26 Å². The monoisotopic (exact) mass is 430 g/mol. The number of imidazole rings is 1. The Morgan fingerprint density at radius 3 is 2.84 bits per heavy atom. The number of anilines is 2. The van der Waals surface area contributed by atoms with Gasteiger partial charge in [-0.1, -0.05) is 0 Å². The van der Waals surface area contributed by atoms with Crippen LogP contribution in [0.4, 0.5) is 11.6 Å². The van der Waals surface area contributed by atoms with Gasteiger partial charge in [-0.15, -0.1) is 0 Å². The number of fused-ring (bicyclic) bond motifs is 3. The van der Waals surface area contributed by atoms with E-state index in [2.05, 4.69) is 36.6 Å². The largest absolute Gasteiger partial charge is 0.367 e. The lowest BCUT2D eigenvalue weighted by Crippen LogP contribution is -2.47. The molecule has 3 atom stereocenters. The number of nitrogens with one attached hydrogen (secondary N) is 3. The van der Waals surface area contributed by atoms with Gasteiger partial charge in [0.25, 0.3) is 5.91 Å². The molecule has 3 aromatic heterocycles. The molecule has 2 saturated heterocycles.